The molecule has 0 bridgehead atoms. The van der Waals surface area contributed by atoms with Gasteiger partial charge in [-0.3, -0.25) is 4.79 Å². The van der Waals surface area contributed by atoms with Crippen LogP contribution in [0.4, 0.5) is 11.4 Å². The summed E-state index contributed by atoms with van der Waals surface area (Å²) >= 11 is 0. The number of carbonyl (C=O) groups excluding carboxylic acids is 1. The van der Waals surface area contributed by atoms with E-state index in [0.717, 1.165) is 28.9 Å². The second kappa shape index (κ2) is 4.92. The number of carbonyl (C=O) groups is 1. The first-order valence-electron chi connectivity index (χ1n) is 7.26. The van der Waals surface area contributed by atoms with Gasteiger partial charge in [-0.25, -0.2) is 0 Å². The number of benzene rings is 2. The fraction of sp³-hybridized carbons (Fsp3) is 0.278. The molecule has 1 amide bonds. The van der Waals surface area contributed by atoms with E-state index in [2.05, 4.69) is 0 Å². The lowest BCUT2D eigenvalue weighted by atomic mass is 9.83. The fourth-order valence-electron chi connectivity index (χ4n) is 2.99. The standard InChI is InChI=1S/C18H20N2O/c1-18(2,13-7-4-3-5-8-13)17(21)20-12-11-14-15(19)9-6-10-16(14)20/h3-10H,11-12,19H2,1-2H3. The summed E-state index contributed by atoms with van der Waals surface area (Å²) in [5.41, 5.74) is 9.34. The number of nitrogen functional groups attached to an aromatic ring is 1. The van der Waals surface area contributed by atoms with Crippen molar-refractivity contribution in [3.63, 3.8) is 0 Å². The van der Waals surface area contributed by atoms with Crippen molar-refractivity contribution in [2.75, 3.05) is 17.2 Å². The zero-order valence-corrected chi connectivity index (χ0v) is 12.5. The molecule has 0 radical (unpaired) electrons. The summed E-state index contributed by atoms with van der Waals surface area (Å²) in [6, 6.07) is 15.7. The van der Waals surface area contributed by atoms with Gasteiger partial charge in [-0.05, 0) is 38.0 Å². The molecule has 108 valence electrons. The maximum absolute atomic E-state index is 13.0. The Morgan fingerprint density at radius 1 is 1.10 bits per heavy atom. The molecule has 3 nitrogen and oxygen atoms in total. The molecule has 0 aliphatic carbocycles. The molecular weight excluding hydrogens is 260 g/mol. The van der Waals surface area contributed by atoms with Gasteiger partial charge in [0.2, 0.25) is 5.91 Å². The first kappa shape index (κ1) is 13.7. The molecule has 0 spiro atoms. The number of nitrogens with two attached hydrogens (primary N) is 1. The van der Waals surface area contributed by atoms with E-state index in [0.29, 0.717) is 6.54 Å². The Kier molecular flexibility index (Phi) is 3.20. The van der Waals surface area contributed by atoms with Crippen molar-refractivity contribution >= 4 is 17.3 Å². The highest BCUT2D eigenvalue weighted by Gasteiger charge is 2.37. The van der Waals surface area contributed by atoms with E-state index >= 15 is 0 Å². The number of rotatable bonds is 2. The lowest BCUT2D eigenvalue weighted by molar-refractivity contribution is -0.122. The third-order valence-electron chi connectivity index (χ3n) is 4.34. The van der Waals surface area contributed by atoms with Gasteiger partial charge >= 0.3 is 0 Å². The number of hydrogen-bond donors (Lipinski definition) is 1. The molecule has 0 aromatic heterocycles. The Labute approximate surface area is 125 Å². The van der Waals surface area contributed by atoms with Gasteiger partial charge in [0, 0.05) is 23.5 Å². The Morgan fingerprint density at radius 3 is 2.52 bits per heavy atom. The van der Waals surface area contributed by atoms with E-state index in [1.54, 1.807) is 0 Å². The summed E-state index contributed by atoms with van der Waals surface area (Å²) in [6.07, 6.45) is 0.832. The van der Waals surface area contributed by atoms with E-state index in [-0.39, 0.29) is 5.91 Å². The Hall–Kier alpha value is -2.29. The molecule has 2 N–H and O–H groups in total. The van der Waals surface area contributed by atoms with E-state index in [4.69, 9.17) is 5.73 Å². The van der Waals surface area contributed by atoms with Crippen molar-refractivity contribution in [2.24, 2.45) is 0 Å². The van der Waals surface area contributed by atoms with Gasteiger partial charge < -0.3 is 10.6 Å². The molecule has 2 aromatic carbocycles. The first-order valence-corrected chi connectivity index (χ1v) is 7.26. The summed E-state index contributed by atoms with van der Waals surface area (Å²) < 4.78 is 0. The average molecular weight is 280 g/mol. The van der Waals surface area contributed by atoms with Crippen molar-refractivity contribution in [3.05, 3.63) is 59.7 Å². The molecule has 0 saturated carbocycles. The molecule has 3 rings (SSSR count). The van der Waals surface area contributed by atoms with Crippen LogP contribution in [0.3, 0.4) is 0 Å². The Bertz CT molecular complexity index is 677. The van der Waals surface area contributed by atoms with Gasteiger partial charge in [0.25, 0.3) is 0 Å². The summed E-state index contributed by atoms with van der Waals surface area (Å²) in [5, 5.41) is 0. The largest absolute Gasteiger partial charge is 0.398 e. The minimum Gasteiger partial charge on any atom is -0.398 e. The Balaban J connectivity index is 1.97. The predicted octanol–water partition coefficient (Wildman–Crippen LogP) is 3.14. The van der Waals surface area contributed by atoms with Crippen LogP contribution in [-0.2, 0) is 16.6 Å². The molecule has 21 heavy (non-hydrogen) atoms. The highest BCUT2D eigenvalue weighted by atomic mass is 16.2. The van der Waals surface area contributed by atoms with E-state index < -0.39 is 5.41 Å². The number of hydrogen-bond acceptors (Lipinski definition) is 2. The minimum atomic E-state index is -0.548. The van der Waals surface area contributed by atoms with Crippen molar-refractivity contribution < 1.29 is 4.79 Å². The molecule has 0 saturated heterocycles. The molecule has 1 aliphatic heterocycles. The van der Waals surface area contributed by atoms with Crippen LogP contribution in [0.2, 0.25) is 0 Å². The van der Waals surface area contributed by atoms with E-state index in [1.165, 1.54) is 0 Å². The van der Waals surface area contributed by atoms with Crippen LogP contribution in [0.1, 0.15) is 25.0 Å². The predicted molar refractivity (Wildman–Crippen MR) is 86.4 cm³/mol. The van der Waals surface area contributed by atoms with Crippen molar-refractivity contribution in [1.29, 1.82) is 0 Å². The number of amides is 1. The highest BCUT2D eigenvalue weighted by Crippen LogP contribution is 2.36. The molecule has 1 heterocycles. The number of nitrogens with zero attached hydrogens (tertiary/aromatic N) is 1. The quantitative estimate of drug-likeness (QED) is 0.859. The lowest BCUT2D eigenvalue weighted by Gasteiger charge is -2.30. The maximum atomic E-state index is 13.0. The van der Waals surface area contributed by atoms with E-state index in [9.17, 15) is 4.79 Å². The summed E-state index contributed by atoms with van der Waals surface area (Å²) in [4.78, 5) is 14.9. The fourth-order valence-corrected chi connectivity index (χ4v) is 2.99. The topological polar surface area (TPSA) is 46.3 Å². The average Bonchev–Trinajstić information content (AvgIpc) is 2.92. The number of anilines is 2. The lowest BCUT2D eigenvalue weighted by Crippen LogP contribution is -2.42. The molecule has 3 heteroatoms. The third kappa shape index (κ3) is 2.19. The van der Waals surface area contributed by atoms with Crippen molar-refractivity contribution in [2.45, 2.75) is 25.7 Å². The van der Waals surface area contributed by atoms with Crippen LogP contribution in [0, 0.1) is 0 Å². The van der Waals surface area contributed by atoms with Gasteiger partial charge in [-0.2, -0.15) is 0 Å². The van der Waals surface area contributed by atoms with Crippen LogP contribution >= 0.6 is 0 Å². The van der Waals surface area contributed by atoms with Gasteiger partial charge in [0.1, 0.15) is 0 Å². The smallest absolute Gasteiger partial charge is 0.237 e. The molecule has 0 fully saturated rings. The molecular formula is C18H20N2O. The summed E-state index contributed by atoms with van der Waals surface area (Å²) in [7, 11) is 0. The monoisotopic (exact) mass is 280 g/mol. The second-order valence-corrected chi connectivity index (χ2v) is 6.04. The van der Waals surface area contributed by atoms with Gasteiger partial charge in [0.15, 0.2) is 0 Å². The molecule has 0 atom stereocenters. The van der Waals surface area contributed by atoms with Crippen LogP contribution < -0.4 is 10.6 Å². The first-order chi connectivity index (χ1) is 10.0. The zero-order chi connectivity index (χ0) is 15.0. The number of fused-ring (bicyclic) bond motifs is 1. The second-order valence-electron chi connectivity index (χ2n) is 6.04. The van der Waals surface area contributed by atoms with Crippen molar-refractivity contribution in [3.8, 4) is 0 Å². The Morgan fingerprint density at radius 2 is 1.81 bits per heavy atom. The summed E-state index contributed by atoms with van der Waals surface area (Å²) in [6.45, 7) is 4.67. The van der Waals surface area contributed by atoms with Crippen LogP contribution in [0.15, 0.2) is 48.5 Å². The maximum Gasteiger partial charge on any atom is 0.237 e. The van der Waals surface area contributed by atoms with Gasteiger partial charge in [-0.15, -0.1) is 0 Å². The normalized spacial score (nSPS) is 14.1. The van der Waals surface area contributed by atoms with Gasteiger partial charge in [-0.1, -0.05) is 36.4 Å². The van der Waals surface area contributed by atoms with E-state index in [1.807, 2.05) is 67.3 Å². The minimum absolute atomic E-state index is 0.123. The summed E-state index contributed by atoms with van der Waals surface area (Å²) in [5.74, 6) is 0.123. The van der Waals surface area contributed by atoms with Crippen molar-refractivity contribution in [1.82, 2.24) is 0 Å². The zero-order valence-electron chi connectivity index (χ0n) is 12.5. The van der Waals surface area contributed by atoms with Crippen LogP contribution in [0.5, 0.6) is 0 Å². The van der Waals surface area contributed by atoms with Crippen LogP contribution in [-0.4, -0.2) is 12.5 Å². The van der Waals surface area contributed by atoms with Crippen LogP contribution in [0.25, 0.3) is 0 Å². The molecule has 0 unspecified atom stereocenters. The third-order valence-corrected chi connectivity index (χ3v) is 4.34. The molecule has 2 aromatic rings. The highest BCUT2D eigenvalue weighted by molar-refractivity contribution is 6.02. The van der Waals surface area contributed by atoms with Gasteiger partial charge in [0.05, 0.1) is 5.41 Å². The SMILES string of the molecule is CC(C)(C(=O)N1CCc2c(N)cccc21)c1ccccc1. The molecule has 1 aliphatic rings.